The molecule has 29 heavy (non-hydrogen) atoms. The van der Waals surface area contributed by atoms with Crippen molar-refractivity contribution in [3.05, 3.63) is 69.6 Å². The highest BCUT2D eigenvalue weighted by Gasteiger charge is 2.22. The van der Waals surface area contributed by atoms with Crippen LogP contribution in [-0.4, -0.2) is 39.5 Å². The number of aryl methyl sites for hydroxylation is 1. The molecular formula is C20H20N4O5. The summed E-state index contributed by atoms with van der Waals surface area (Å²) in [5.74, 6) is 0.421. The number of aromatic nitrogens is 2. The first-order chi connectivity index (χ1) is 13.9. The van der Waals surface area contributed by atoms with Gasteiger partial charge in [-0.05, 0) is 26.0 Å². The van der Waals surface area contributed by atoms with Gasteiger partial charge in [0.1, 0.15) is 6.54 Å². The van der Waals surface area contributed by atoms with Gasteiger partial charge in [0.15, 0.2) is 5.75 Å². The van der Waals surface area contributed by atoms with Crippen LogP contribution in [-0.2, 0) is 6.54 Å². The molecule has 0 aliphatic carbocycles. The van der Waals surface area contributed by atoms with Gasteiger partial charge in [0.05, 0.1) is 12.0 Å². The lowest BCUT2D eigenvalue weighted by Crippen LogP contribution is -2.30. The van der Waals surface area contributed by atoms with Crippen LogP contribution in [0.5, 0.6) is 5.75 Å². The van der Waals surface area contributed by atoms with Crippen molar-refractivity contribution >= 4 is 11.6 Å². The number of carbonyl (C=O) groups excluding carboxylic acids is 1. The Labute approximate surface area is 167 Å². The summed E-state index contributed by atoms with van der Waals surface area (Å²) >= 11 is 0. The minimum Gasteiger partial charge on any atom is -0.490 e. The molecule has 9 heteroatoms. The van der Waals surface area contributed by atoms with Crippen molar-refractivity contribution in [1.82, 2.24) is 15.0 Å². The van der Waals surface area contributed by atoms with Gasteiger partial charge >= 0.3 is 5.69 Å². The third-order valence-electron chi connectivity index (χ3n) is 4.40. The number of amides is 1. The van der Waals surface area contributed by atoms with Crippen molar-refractivity contribution in [1.29, 1.82) is 0 Å². The largest absolute Gasteiger partial charge is 0.490 e. The first kappa shape index (κ1) is 20.0. The molecule has 0 aliphatic rings. The summed E-state index contributed by atoms with van der Waals surface area (Å²) in [6, 6.07) is 11.8. The molecule has 1 amide bonds. The first-order valence-corrected chi connectivity index (χ1v) is 8.94. The second-order valence-electron chi connectivity index (χ2n) is 6.34. The van der Waals surface area contributed by atoms with E-state index in [-0.39, 0.29) is 35.3 Å². The summed E-state index contributed by atoms with van der Waals surface area (Å²) in [6.45, 7) is 4.24. The Kier molecular flexibility index (Phi) is 5.87. The average molecular weight is 396 g/mol. The molecular weight excluding hydrogens is 376 g/mol. The number of hydrogen-bond acceptors (Lipinski definition) is 7. The normalized spacial score (nSPS) is 10.6. The van der Waals surface area contributed by atoms with Crippen molar-refractivity contribution in [2.24, 2.45) is 0 Å². The van der Waals surface area contributed by atoms with Gasteiger partial charge in [-0.25, -0.2) is 0 Å². The molecule has 0 saturated heterocycles. The fourth-order valence-corrected chi connectivity index (χ4v) is 2.78. The molecule has 0 atom stereocenters. The van der Waals surface area contributed by atoms with Gasteiger partial charge in [-0.3, -0.25) is 14.9 Å². The maximum Gasteiger partial charge on any atom is 0.311 e. The van der Waals surface area contributed by atoms with E-state index in [0.29, 0.717) is 12.4 Å². The van der Waals surface area contributed by atoms with Crippen molar-refractivity contribution in [3.63, 3.8) is 0 Å². The third-order valence-corrected chi connectivity index (χ3v) is 4.40. The Bertz CT molecular complexity index is 1030. The lowest BCUT2D eigenvalue weighted by Gasteiger charge is -2.18. The fraction of sp³-hybridized carbons (Fsp3) is 0.250. The molecule has 9 nitrogen and oxygen atoms in total. The predicted octanol–water partition coefficient (Wildman–Crippen LogP) is 3.62. The van der Waals surface area contributed by atoms with Crippen LogP contribution in [0.2, 0.25) is 0 Å². The Morgan fingerprint density at radius 3 is 2.59 bits per heavy atom. The number of rotatable bonds is 7. The third kappa shape index (κ3) is 4.40. The molecule has 0 bridgehead atoms. The van der Waals surface area contributed by atoms with Crippen LogP contribution in [0.25, 0.3) is 11.4 Å². The summed E-state index contributed by atoms with van der Waals surface area (Å²) < 4.78 is 10.3. The topological polar surface area (TPSA) is 112 Å². The lowest BCUT2D eigenvalue weighted by molar-refractivity contribution is -0.385. The summed E-state index contributed by atoms with van der Waals surface area (Å²) in [6.07, 6.45) is 0. The molecule has 3 aromatic rings. The summed E-state index contributed by atoms with van der Waals surface area (Å²) in [5, 5.41) is 15.2. The van der Waals surface area contributed by atoms with Gasteiger partial charge < -0.3 is 14.2 Å². The number of nitrogens with zero attached hydrogens (tertiary/aromatic N) is 4. The highest BCUT2D eigenvalue weighted by Crippen LogP contribution is 2.28. The van der Waals surface area contributed by atoms with E-state index in [0.717, 1.165) is 11.1 Å². The molecule has 150 valence electrons. The van der Waals surface area contributed by atoms with Crippen molar-refractivity contribution in [2.45, 2.75) is 20.4 Å². The zero-order valence-electron chi connectivity index (χ0n) is 16.3. The number of benzene rings is 2. The fourth-order valence-electron chi connectivity index (χ4n) is 2.78. The molecule has 1 aromatic heterocycles. The molecule has 0 radical (unpaired) electrons. The van der Waals surface area contributed by atoms with Crippen LogP contribution in [0.1, 0.15) is 28.7 Å². The number of nitro benzene ring substituents is 1. The molecule has 2 aromatic carbocycles. The number of nitro groups is 1. The predicted molar refractivity (Wildman–Crippen MR) is 105 cm³/mol. The molecule has 3 rings (SSSR count). The maximum absolute atomic E-state index is 12.8. The number of ether oxygens (including phenoxy) is 1. The Balaban J connectivity index is 1.80. The molecule has 0 unspecified atom stereocenters. The SMILES string of the molecule is CCN(Cc1nc(-c2ccc(C)cc2)no1)C(=O)c1ccc(OC)c([N+](=O)[O-])c1. The number of hydrogen-bond donors (Lipinski definition) is 0. The van der Waals surface area contributed by atoms with Gasteiger partial charge in [0.25, 0.3) is 5.91 Å². The second-order valence-corrected chi connectivity index (χ2v) is 6.34. The standard InChI is InChI=1S/C20H20N4O5/c1-4-23(20(25)15-9-10-17(28-3)16(11-15)24(26)27)12-18-21-19(22-29-18)14-7-5-13(2)6-8-14/h5-11H,4,12H2,1-3H3. The zero-order chi connectivity index (χ0) is 21.0. The van der Waals surface area contributed by atoms with Crippen LogP contribution in [0.4, 0.5) is 5.69 Å². The van der Waals surface area contributed by atoms with Gasteiger partial charge in [-0.2, -0.15) is 4.98 Å². The Morgan fingerprint density at radius 2 is 1.97 bits per heavy atom. The van der Waals surface area contributed by atoms with E-state index in [1.807, 2.05) is 31.2 Å². The Morgan fingerprint density at radius 1 is 1.24 bits per heavy atom. The van der Waals surface area contributed by atoms with E-state index in [1.165, 1.54) is 30.2 Å². The van der Waals surface area contributed by atoms with Crippen LogP contribution < -0.4 is 4.74 Å². The van der Waals surface area contributed by atoms with Gasteiger partial charge in [0.2, 0.25) is 11.7 Å². The summed E-state index contributed by atoms with van der Waals surface area (Å²) in [4.78, 5) is 29.3. The molecule has 1 heterocycles. The van der Waals surface area contributed by atoms with E-state index in [2.05, 4.69) is 10.1 Å². The molecule has 0 fully saturated rings. The van der Waals surface area contributed by atoms with Gasteiger partial charge in [-0.15, -0.1) is 0 Å². The van der Waals surface area contributed by atoms with E-state index in [4.69, 9.17) is 9.26 Å². The smallest absolute Gasteiger partial charge is 0.311 e. The minimum absolute atomic E-state index is 0.0913. The zero-order valence-corrected chi connectivity index (χ0v) is 16.3. The summed E-state index contributed by atoms with van der Waals surface area (Å²) in [7, 11) is 1.34. The molecule has 0 aliphatic heterocycles. The van der Waals surface area contributed by atoms with E-state index in [9.17, 15) is 14.9 Å². The van der Waals surface area contributed by atoms with E-state index < -0.39 is 4.92 Å². The van der Waals surface area contributed by atoms with Gasteiger partial charge in [-0.1, -0.05) is 35.0 Å². The van der Waals surface area contributed by atoms with E-state index >= 15 is 0 Å². The van der Waals surface area contributed by atoms with Crippen molar-refractivity contribution < 1.29 is 19.0 Å². The second kappa shape index (κ2) is 8.51. The number of methoxy groups -OCH3 is 1. The molecule has 0 N–H and O–H groups in total. The molecule has 0 spiro atoms. The highest BCUT2D eigenvalue weighted by molar-refractivity contribution is 5.95. The maximum atomic E-state index is 12.8. The van der Waals surface area contributed by atoms with Crippen molar-refractivity contribution in [3.8, 4) is 17.1 Å². The molecule has 0 saturated carbocycles. The minimum atomic E-state index is -0.586. The first-order valence-electron chi connectivity index (χ1n) is 8.94. The number of carbonyl (C=O) groups is 1. The van der Waals surface area contributed by atoms with Crippen LogP contribution in [0.15, 0.2) is 47.0 Å². The highest BCUT2D eigenvalue weighted by atomic mass is 16.6. The van der Waals surface area contributed by atoms with Crippen LogP contribution in [0, 0.1) is 17.0 Å². The van der Waals surface area contributed by atoms with Crippen molar-refractivity contribution in [2.75, 3.05) is 13.7 Å². The van der Waals surface area contributed by atoms with Crippen LogP contribution in [0.3, 0.4) is 0 Å². The Hall–Kier alpha value is -3.75. The van der Waals surface area contributed by atoms with Crippen LogP contribution >= 0.6 is 0 Å². The average Bonchev–Trinajstić information content (AvgIpc) is 3.20. The van der Waals surface area contributed by atoms with E-state index in [1.54, 1.807) is 6.92 Å². The summed E-state index contributed by atoms with van der Waals surface area (Å²) in [5.41, 5.74) is 1.84. The van der Waals surface area contributed by atoms with Gasteiger partial charge in [0, 0.05) is 23.7 Å². The monoisotopic (exact) mass is 396 g/mol. The quantitative estimate of drug-likeness (QED) is 0.443. The lowest BCUT2D eigenvalue weighted by atomic mass is 10.1.